The lowest BCUT2D eigenvalue weighted by atomic mass is 9.87. The van der Waals surface area contributed by atoms with Crippen molar-refractivity contribution in [3.63, 3.8) is 0 Å². The van der Waals surface area contributed by atoms with Crippen LogP contribution in [0.4, 0.5) is 0 Å². The van der Waals surface area contributed by atoms with Crippen LogP contribution in [0.3, 0.4) is 0 Å². The highest BCUT2D eigenvalue weighted by atomic mass is 16.5. The molecule has 20 heavy (non-hydrogen) atoms. The first-order valence-electron chi connectivity index (χ1n) is 6.61. The van der Waals surface area contributed by atoms with Gasteiger partial charge in [0.05, 0.1) is 13.2 Å². The minimum absolute atomic E-state index is 0.107. The molecule has 2 rings (SSSR count). The maximum atomic E-state index is 6.10. The van der Waals surface area contributed by atoms with E-state index in [0.29, 0.717) is 18.1 Å². The molecule has 0 radical (unpaired) electrons. The minimum atomic E-state index is -0.264. The molecule has 5 nitrogen and oxygen atoms in total. The van der Waals surface area contributed by atoms with E-state index in [0.717, 1.165) is 11.3 Å². The standard InChI is InChI=1S/C15H21N3O2/c1-15(2,3)13(16)14-17-12(18-20-14)9-10-5-7-11(19-4)8-6-10/h5-8,13H,9,16H2,1-4H3/t13-/m0/s1. The van der Waals surface area contributed by atoms with E-state index in [1.807, 2.05) is 45.0 Å². The monoisotopic (exact) mass is 275 g/mol. The Morgan fingerprint density at radius 3 is 2.45 bits per heavy atom. The third-order valence-electron chi connectivity index (χ3n) is 3.20. The van der Waals surface area contributed by atoms with E-state index < -0.39 is 0 Å². The van der Waals surface area contributed by atoms with Crippen LogP contribution in [-0.4, -0.2) is 17.3 Å². The second-order valence-electron chi connectivity index (χ2n) is 5.92. The molecule has 0 saturated carbocycles. The summed E-state index contributed by atoms with van der Waals surface area (Å²) in [4.78, 5) is 4.38. The summed E-state index contributed by atoms with van der Waals surface area (Å²) in [6.07, 6.45) is 0.615. The molecule has 0 spiro atoms. The highest BCUT2D eigenvalue weighted by molar-refractivity contribution is 5.28. The lowest BCUT2D eigenvalue weighted by Gasteiger charge is -2.23. The zero-order valence-corrected chi connectivity index (χ0v) is 12.4. The van der Waals surface area contributed by atoms with Crippen molar-refractivity contribution in [2.45, 2.75) is 33.2 Å². The summed E-state index contributed by atoms with van der Waals surface area (Å²) in [6.45, 7) is 6.14. The van der Waals surface area contributed by atoms with Crippen LogP contribution >= 0.6 is 0 Å². The Labute approximate surface area is 119 Å². The second-order valence-corrected chi connectivity index (χ2v) is 5.92. The van der Waals surface area contributed by atoms with Gasteiger partial charge in [-0.25, -0.2) is 0 Å². The summed E-state index contributed by atoms with van der Waals surface area (Å²) in [6, 6.07) is 7.53. The van der Waals surface area contributed by atoms with E-state index in [-0.39, 0.29) is 11.5 Å². The van der Waals surface area contributed by atoms with Gasteiger partial charge in [-0.05, 0) is 23.1 Å². The number of nitrogens with two attached hydrogens (primary N) is 1. The molecule has 1 heterocycles. The Bertz CT molecular complexity index is 555. The largest absolute Gasteiger partial charge is 0.497 e. The molecular weight excluding hydrogens is 254 g/mol. The molecule has 0 unspecified atom stereocenters. The van der Waals surface area contributed by atoms with E-state index in [4.69, 9.17) is 15.0 Å². The van der Waals surface area contributed by atoms with Crippen molar-refractivity contribution in [2.75, 3.05) is 7.11 Å². The van der Waals surface area contributed by atoms with Gasteiger partial charge < -0.3 is 15.0 Å². The lowest BCUT2D eigenvalue weighted by molar-refractivity contribution is 0.252. The summed E-state index contributed by atoms with van der Waals surface area (Å²) in [5.41, 5.74) is 7.10. The molecule has 0 fully saturated rings. The number of nitrogens with zero attached hydrogens (tertiary/aromatic N) is 2. The van der Waals surface area contributed by atoms with Crippen molar-refractivity contribution >= 4 is 0 Å². The van der Waals surface area contributed by atoms with Gasteiger partial charge in [-0.3, -0.25) is 0 Å². The van der Waals surface area contributed by atoms with Crippen molar-refractivity contribution in [1.29, 1.82) is 0 Å². The first kappa shape index (κ1) is 14.5. The van der Waals surface area contributed by atoms with Crippen molar-refractivity contribution in [2.24, 2.45) is 11.1 Å². The summed E-state index contributed by atoms with van der Waals surface area (Å²) in [7, 11) is 1.65. The molecule has 0 aliphatic rings. The number of hydrogen-bond donors (Lipinski definition) is 1. The zero-order chi connectivity index (χ0) is 14.8. The van der Waals surface area contributed by atoms with Gasteiger partial charge >= 0.3 is 0 Å². The molecule has 1 aromatic carbocycles. The van der Waals surface area contributed by atoms with Crippen LogP contribution < -0.4 is 10.5 Å². The third-order valence-corrected chi connectivity index (χ3v) is 3.20. The predicted octanol–water partition coefficient (Wildman–Crippen LogP) is 2.71. The van der Waals surface area contributed by atoms with Gasteiger partial charge in [0.25, 0.3) is 0 Å². The fraction of sp³-hybridized carbons (Fsp3) is 0.467. The predicted molar refractivity (Wildman–Crippen MR) is 76.5 cm³/mol. The van der Waals surface area contributed by atoms with Crippen molar-refractivity contribution < 1.29 is 9.26 Å². The van der Waals surface area contributed by atoms with Gasteiger partial charge in [-0.2, -0.15) is 4.98 Å². The molecule has 0 aliphatic heterocycles. The average molecular weight is 275 g/mol. The van der Waals surface area contributed by atoms with Crippen LogP contribution in [0, 0.1) is 5.41 Å². The fourth-order valence-electron chi connectivity index (χ4n) is 1.76. The molecule has 0 bridgehead atoms. The SMILES string of the molecule is COc1ccc(Cc2noc([C@H](N)C(C)(C)C)n2)cc1. The van der Waals surface area contributed by atoms with Crippen molar-refractivity contribution in [3.05, 3.63) is 41.5 Å². The number of rotatable bonds is 4. The number of hydrogen-bond acceptors (Lipinski definition) is 5. The topological polar surface area (TPSA) is 74.2 Å². The molecule has 0 saturated heterocycles. The number of methoxy groups -OCH3 is 1. The highest BCUT2D eigenvalue weighted by Crippen LogP contribution is 2.29. The quantitative estimate of drug-likeness (QED) is 0.928. The van der Waals surface area contributed by atoms with E-state index in [1.54, 1.807) is 7.11 Å². The number of ether oxygens (including phenoxy) is 1. The lowest BCUT2D eigenvalue weighted by Crippen LogP contribution is -2.26. The molecule has 108 valence electrons. The van der Waals surface area contributed by atoms with Gasteiger partial charge in [-0.1, -0.05) is 38.1 Å². The summed E-state index contributed by atoms with van der Waals surface area (Å²) >= 11 is 0. The molecule has 2 aromatic rings. The Balaban J connectivity index is 2.09. The Morgan fingerprint density at radius 2 is 1.90 bits per heavy atom. The van der Waals surface area contributed by atoms with Gasteiger partial charge in [0, 0.05) is 6.42 Å². The van der Waals surface area contributed by atoms with Crippen molar-refractivity contribution in [3.8, 4) is 5.75 Å². The Morgan fingerprint density at radius 1 is 1.25 bits per heavy atom. The first-order valence-corrected chi connectivity index (χ1v) is 6.61. The number of benzene rings is 1. The third kappa shape index (κ3) is 3.36. The van der Waals surface area contributed by atoms with Crippen LogP contribution in [-0.2, 0) is 6.42 Å². The Hall–Kier alpha value is -1.88. The molecular formula is C15H21N3O2. The van der Waals surface area contributed by atoms with E-state index in [1.165, 1.54) is 0 Å². The minimum Gasteiger partial charge on any atom is -0.497 e. The van der Waals surface area contributed by atoms with Crippen LogP contribution in [0.2, 0.25) is 0 Å². The van der Waals surface area contributed by atoms with Crippen LogP contribution in [0.1, 0.15) is 44.1 Å². The maximum absolute atomic E-state index is 6.10. The summed E-state index contributed by atoms with van der Waals surface area (Å²) in [5, 5.41) is 3.99. The van der Waals surface area contributed by atoms with Crippen LogP contribution in [0.15, 0.2) is 28.8 Å². The van der Waals surface area contributed by atoms with E-state index in [2.05, 4.69) is 10.1 Å². The highest BCUT2D eigenvalue weighted by Gasteiger charge is 2.27. The van der Waals surface area contributed by atoms with E-state index >= 15 is 0 Å². The van der Waals surface area contributed by atoms with Crippen molar-refractivity contribution in [1.82, 2.24) is 10.1 Å². The smallest absolute Gasteiger partial charge is 0.244 e. The summed E-state index contributed by atoms with van der Waals surface area (Å²) < 4.78 is 10.4. The number of aromatic nitrogens is 2. The van der Waals surface area contributed by atoms with Gasteiger partial charge in [0.2, 0.25) is 5.89 Å². The summed E-state index contributed by atoms with van der Waals surface area (Å²) in [5.74, 6) is 1.96. The molecule has 0 aliphatic carbocycles. The van der Waals surface area contributed by atoms with Gasteiger partial charge in [0.15, 0.2) is 5.82 Å². The van der Waals surface area contributed by atoms with Gasteiger partial charge in [-0.15, -0.1) is 0 Å². The Kier molecular flexibility index (Phi) is 4.09. The molecule has 0 amide bonds. The van der Waals surface area contributed by atoms with Gasteiger partial charge in [0.1, 0.15) is 5.75 Å². The average Bonchev–Trinajstić information content (AvgIpc) is 2.86. The van der Waals surface area contributed by atoms with E-state index in [9.17, 15) is 0 Å². The second kappa shape index (κ2) is 5.63. The van der Waals surface area contributed by atoms with Crippen LogP contribution in [0.25, 0.3) is 0 Å². The first-order chi connectivity index (χ1) is 9.40. The molecule has 2 N–H and O–H groups in total. The zero-order valence-electron chi connectivity index (χ0n) is 12.4. The molecule has 1 atom stereocenters. The maximum Gasteiger partial charge on any atom is 0.244 e. The fourth-order valence-corrected chi connectivity index (χ4v) is 1.76. The normalized spacial score (nSPS) is 13.2. The molecule has 1 aromatic heterocycles. The van der Waals surface area contributed by atoms with Crippen LogP contribution in [0.5, 0.6) is 5.75 Å². The molecule has 5 heteroatoms.